The Hall–Kier alpha value is -3.16. The quantitative estimate of drug-likeness (QED) is 0.861. The van der Waals surface area contributed by atoms with Crippen LogP contribution in [0.1, 0.15) is 10.6 Å². The summed E-state index contributed by atoms with van der Waals surface area (Å²) >= 11 is 0. The maximum Gasteiger partial charge on any atom is 0.414 e. The summed E-state index contributed by atoms with van der Waals surface area (Å²) in [6.07, 6.45) is 0.479. The molecule has 0 saturated carbocycles. The maximum atomic E-state index is 12.1. The number of hydrogen-bond acceptors (Lipinski definition) is 6. The molecule has 1 atom stereocenters. The summed E-state index contributed by atoms with van der Waals surface area (Å²) in [6, 6.07) is 8.35. The van der Waals surface area contributed by atoms with Crippen LogP contribution in [0.5, 0.6) is 11.5 Å². The molecular formula is C17H18N2O6. The average Bonchev–Trinajstić information content (AvgIpc) is 3.29. The zero-order chi connectivity index (χ0) is 17.8. The van der Waals surface area contributed by atoms with Gasteiger partial charge in [-0.15, -0.1) is 0 Å². The number of ether oxygens (including phenoxy) is 3. The Morgan fingerprint density at radius 3 is 2.76 bits per heavy atom. The lowest BCUT2D eigenvalue weighted by molar-refractivity contribution is 0.0889. The molecule has 1 unspecified atom stereocenters. The third-order valence-corrected chi connectivity index (χ3v) is 3.79. The van der Waals surface area contributed by atoms with Gasteiger partial charge in [-0.25, -0.2) is 4.79 Å². The van der Waals surface area contributed by atoms with Gasteiger partial charge in [-0.2, -0.15) is 0 Å². The Morgan fingerprint density at radius 1 is 1.28 bits per heavy atom. The van der Waals surface area contributed by atoms with Crippen molar-refractivity contribution in [1.29, 1.82) is 0 Å². The molecule has 1 aromatic carbocycles. The van der Waals surface area contributed by atoms with Crippen molar-refractivity contribution in [3.8, 4) is 11.5 Å². The first-order valence-electron chi connectivity index (χ1n) is 7.64. The van der Waals surface area contributed by atoms with E-state index in [0.29, 0.717) is 23.7 Å². The number of nitrogens with zero attached hydrogens (tertiary/aromatic N) is 1. The molecule has 1 N–H and O–H groups in total. The number of carbonyl (C=O) groups is 2. The number of rotatable bonds is 6. The van der Waals surface area contributed by atoms with Crippen molar-refractivity contribution in [3.63, 3.8) is 0 Å². The molecule has 0 spiro atoms. The van der Waals surface area contributed by atoms with Crippen LogP contribution in [-0.2, 0) is 4.74 Å². The molecule has 3 rings (SSSR count). The molecular weight excluding hydrogens is 328 g/mol. The molecule has 1 saturated heterocycles. The second-order valence-corrected chi connectivity index (χ2v) is 5.34. The highest BCUT2D eigenvalue weighted by molar-refractivity contribution is 5.92. The minimum atomic E-state index is -0.482. The normalized spacial score (nSPS) is 16.5. The lowest BCUT2D eigenvalue weighted by Crippen LogP contribution is -2.34. The Kier molecular flexibility index (Phi) is 4.78. The van der Waals surface area contributed by atoms with Crippen LogP contribution >= 0.6 is 0 Å². The summed E-state index contributed by atoms with van der Waals surface area (Å²) in [5, 5.41) is 2.68. The Balaban J connectivity index is 1.63. The van der Waals surface area contributed by atoms with Gasteiger partial charge >= 0.3 is 6.09 Å². The highest BCUT2D eigenvalue weighted by Gasteiger charge is 2.33. The number of anilines is 1. The van der Waals surface area contributed by atoms with E-state index < -0.39 is 12.2 Å². The third kappa shape index (κ3) is 3.52. The summed E-state index contributed by atoms with van der Waals surface area (Å²) in [4.78, 5) is 25.5. The minimum Gasteiger partial charge on any atom is -0.493 e. The van der Waals surface area contributed by atoms with Crippen LogP contribution in [0.25, 0.3) is 0 Å². The van der Waals surface area contributed by atoms with Crippen molar-refractivity contribution in [1.82, 2.24) is 5.32 Å². The molecule has 1 aliphatic rings. The average molecular weight is 346 g/mol. The molecule has 8 nitrogen and oxygen atoms in total. The number of carbonyl (C=O) groups excluding carboxylic acids is 2. The number of benzene rings is 1. The Bertz CT molecular complexity index is 759. The molecule has 132 valence electrons. The molecule has 1 fully saturated rings. The smallest absolute Gasteiger partial charge is 0.414 e. The van der Waals surface area contributed by atoms with E-state index in [1.54, 1.807) is 37.4 Å². The SMILES string of the molecule is COc1ccc(N2CC(CNC(=O)c3ccco3)OC2=O)cc1OC. The molecule has 0 aliphatic carbocycles. The van der Waals surface area contributed by atoms with Crippen molar-refractivity contribution in [2.75, 3.05) is 32.2 Å². The van der Waals surface area contributed by atoms with Crippen molar-refractivity contribution in [3.05, 3.63) is 42.4 Å². The van der Waals surface area contributed by atoms with E-state index in [4.69, 9.17) is 18.6 Å². The number of cyclic esters (lactones) is 1. The van der Waals surface area contributed by atoms with Gasteiger partial charge in [0, 0.05) is 6.07 Å². The Labute approximate surface area is 144 Å². The van der Waals surface area contributed by atoms with Crippen molar-refractivity contribution in [2.24, 2.45) is 0 Å². The van der Waals surface area contributed by atoms with Crippen LogP contribution in [0.3, 0.4) is 0 Å². The van der Waals surface area contributed by atoms with Crippen LogP contribution < -0.4 is 19.7 Å². The predicted octanol–water partition coefficient (Wildman–Crippen LogP) is 2.05. The van der Waals surface area contributed by atoms with Gasteiger partial charge in [-0.05, 0) is 24.3 Å². The number of methoxy groups -OCH3 is 2. The van der Waals surface area contributed by atoms with Crippen LogP contribution in [0.2, 0.25) is 0 Å². The molecule has 2 aromatic rings. The number of furan rings is 1. The zero-order valence-electron chi connectivity index (χ0n) is 13.9. The van der Waals surface area contributed by atoms with E-state index in [1.165, 1.54) is 18.3 Å². The molecule has 0 radical (unpaired) electrons. The van der Waals surface area contributed by atoms with Crippen LogP contribution in [-0.4, -0.2) is 45.4 Å². The van der Waals surface area contributed by atoms with Crippen LogP contribution in [0.4, 0.5) is 10.5 Å². The van der Waals surface area contributed by atoms with Gasteiger partial charge in [0.1, 0.15) is 6.10 Å². The van der Waals surface area contributed by atoms with E-state index >= 15 is 0 Å². The van der Waals surface area contributed by atoms with Gasteiger partial charge in [0.15, 0.2) is 17.3 Å². The third-order valence-electron chi connectivity index (χ3n) is 3.79. The summed E-state index contributed by atoms with van der Waals surface area (Å²) in [5.41, 5.74) is 0.627. The van der Waals surface area contributed by atoms with Crippen LogP contribution in [0.15, 0.2) is 41.0 Å². The first kappa shape index (κ1) is 16.7. The van der Waals surface area contributed by atoms with E-state index in [9.17, 15) is 9.59 Å². The molecule has 25 heavy (non-hydrogen) atoms. The molecule has 0 bridgehead atoms. The zero-order valence-corrected chi connectivity index (χ0v) is 13.9. The summed E-state index contributed by atoms with van der Waals surface area (Å²) in [5.74, 6) is 0.940. The number of amides is 2. The van der Waals surface area contributed by atoms with Crippen LogP contribution in [0, 0.1) is 0 Å². The fourth-order valence-corrected chi connectivity index (χ4v) is 2.53. The fourth-order valence-electron chi connectivity index (χ4n) is 2.53. The van der Waals surface area contributed by atoms with E-state index in [1.807, 2.05) is 0 Å². The first-order valence-corrected chi connectivity index (χ1v) is 7.64. The first-order chi connectivity index (χ1) is 12.1. The largest absolute Gasteiger partial charge is 0.493 e. The van der Waals surface area contributed by atoms with Crippen molar-refractivity contribution < 1.29 is 28.2 Å². The van der Waals surface area contributed by atoms with E-state index in [2.05, 4.69) is 5.32 Å². The highest BCUT2D eigenvalue weighted by atomic mass is 16.6. The number of nitrogens with one attached hydrogen (secondary N) is 1. The minimum absolute atomic E-state index is 0.190. The molecule has 1 aliphatic heterocycles. The van der Waals surface area contributed by atoms with Crippen molar-refractivity contribution in [2.45, 2.75) is 6.10 Å². The second-order valence-electron chi connectivity index (χ2n) is 5.34. The maximum absolute atomic E-state index is 12.1. The molecule has 2 amide bonds. The van der Waals surface area contributed by atoms with E-state index in [0.717, 1.165) is 0 Å². The predicted molar refractivity (Wildman–Crippen MR) is 88.2 cm³/mol. The second kappa shape index (κ2) is 7.16. The van der Waals surface area contributed by atoms with Gasteiger partial charge in [0.25, 0.3) is 5.91 Å². The fraction of sp³-hybridized carbons (Fsp3) is 0.294. The van der Waals surface area contributed by atoms with E-state index in [-0.39, 0.29) is 18.2 Å². The van der Waals surface area contributed by atoms with Gasteiger partial charge in [0.05, 0.1) is 39.3 Å². The summed E-state index contributed by atoms with van der Waals surface area (Å²) in [7, 11) is 3.07. The molecule has 2 heterocycles. The van der Waals surface area contributed by atoms with Crippen molar-refractivity contribution >= 4 is 17.7 Å². The van der Waals surface area contributed by atoms with Gasteiger partial charge in [-0.3, -0.25) is 9.69 Å². The number of hydrogen-bond donors (Lipinski definition) is 1. The topological polar surface area (TPSA) is 90.2 Å². The highest BCUT2D eigenvalue weighted by Crippen LogP contribution is 2.33. The van der Waals surface area contributed by atoms with Gasteiger partial charge in [-0.1, -0.05) is 0 Å². The monoisotopic (exact) mass is 346 g/mol. The van der Waals surface area contributed by atoms with Gasteiger partial charge < -0.3 is 23.9 Å². The summed E-state index contributed by atoms with van der Waals surface area (Å²) in [6.45, 7) is 0.502. The molecule has 1 aromatic heterocycles. The lowest BCUT2D eigenvalue weighted by atomic mass is 10.2. The molecule has 8 heteroatoms. The lowest BCUT2D eigenvalue weighted by Gasteiger charge is -2.15. The standard InChI is InChI=1S/C17H18N2O6/c1-22-13-6-5-11(8-15(13)23-2)19-10-12(25-17(19)21)9-18-16(20)14-4-3-7-24-14/h3-8,12H,9-10H2,1-2H3,(H,18,20). The summed E-state index contributed by atoms with van der Waals surface area (Å²) < 4.78 is 20.7. The van der Waals surface area contributed by atoms with Gasteiger partial charge in [0.2, 0.25) is 0 Å². The Morgan fingerprint density at radius 2 is 2.08 bits per heavy atom.